The fraction of sp³-hybridized carbons (Fsp3) is 0.273. The van der Waals surface area contributed by atoms with Gasteiger partial charge in [-0.15, -0.1) is 0 Å². The summed E-state index contributed by atoms with van der Waals surface area (Å²) in [4.78, 5) is 5.13. The Morgan fingerprint density at radius 3 is 2.82 bits per heavy atom. The lowest BCUT2D eigenvalue weighted by atomic mass is 10.3. The maximum absolute atomic E-state index is 5.84. The lowest BCUT2D eigenvalue weighted by Crippen LogP contribution is -2.05. The highest BCUT2D eigenvalue weighted by atomic mass is 32.2. The molecule has 90 valence electrons. The Morgan fingerprint density at radius 1 is 1.35 bits per heavy atom. The predicted molar refractivity (Wildman–Crippen MR) is 70.7 cm³/mol. The molecule has 6 heteroatoms. The van der Waals surface area contributed by atoms with Crippen molar-refractivity contribution in [1.29, 1.82) is 0 Å². The maximum atomic E-state index is 5.84. The zero-order chi connectivity index (χ0) is 12.3. The van der Waals surface area contributed by atoms with E-state index in [1.807, 2.05) is 32.0 Å². The Bertz CT molecular complexity index is 485. The molecule has 0 saturated heterocycles. The highest BCUT2D eigenvalue weighted by Crippen LogP contribution is 2.32. The summed E-state index contributed by atoms with van der Waals surface area (Å²) in [6.07, 6.45) is 1.68. The molecule has 0 saturated carbocycles. The molecule has 0 aliphatic carbocycles. The number of nitrogen functional groups attached to an aromatic ring is 1. The molecular weight excluding hydrogens is 254 g/mol. The van der Waals surface area contributed by atoms with Crippen LogP contribution in [0.1, 0.15) is 13.8 Å². The molecule has 2 rings (SSSR count). The third kappa shape index (κ3) is 3.61. The van der Waals surface area contributed by atoms with E-state index >= 15 is 0 Å². The van der Waals surface area contributed by atoms with Crippen LogP contribution in [0.3, 0.4) is 0 Å². The number of nitrogens with zero attached hydrogens (tertiary/aromatic N) is 2. The lowest BCUT2D eigenvalue weighted by molar-refractivity contribution is 0.242. The van der Waals surface area contributed by atoms with Crippen LogP contribution in [0.25, 0.3) is 0 Å². The van der Waals surface area contributed by atoms with E-state index in [9.17, 15) is 0 Å². The molecule has 0 amide bonds. The molecule has 4 nitrogen and oxygen atoms in total. The van der Waals surface area contributed by atoms with Gasteiger partial charge in [0.2, 0.25) is 0 Å². The average Bonchev–Trinajstić information content (AvgIpc) is 2.67. The quantitative estimate of drug-likeness (QED) is 0.863. The number of ether oxygens (including phenoxy) is 1. The Balaban J connectivity index is 2.19. The number of benzene rings is 1. The van der Waals surface area contributed by atoms with E-state index in [2.05, 4.69) is 9.36 Å². The monoisotopic (exact) mass is 267 g/mol. The smallest absolute Gasteiger partial charge is 0.174 e. The second kappa shape index (κ2) is 5.37. The van der Waals surface area contributed by atoms with Crippen molar-refractivity contribution >= 4 is 29.0 Å². The van der Waals surface area contributed by atoms with Crippen LogP contribution in [0.4, 0.5) is 5.69 Å². The number of rotatable bonds is 4. The summed E-state index contributed by atoms with van der Waals surface area (Å²) in [5.41, 5.74) is 6.53. The first-order chi connectivity index (χ1) is 8.13. The molecule has 1 aromatic heterocycles. The van der Waals surface area contributed by atoms with E-state index in [-0.39, 0.29) is 6.10 Å². The summed E-state index contributed by atoms with van der Waals surface area (Å²) in [5.74, 6) is 0.784. The average molecular weight is 267 g/mol. The number of hydrogen-bond donors (Lipinski definition) is 1. The third-order valence-corrected chi connectivity index (χ3v) is 3.51. The van der Waals surface area contributed by atoms with Crippen LogP contribution in [-0.2, 0) is 0 Å². The minimum absolute atomic E-state index is 0.135. The first-order valence-electron chi connectivity index (χ1n) is 5.15. The zero-order valence-electron chi connectivity index (χ0n) is 9.58. The van der Waals surface area contributed by atoms with E-state index in [1.54, 1.807) is 6.33 Å². The van der Waals surface area contributed by atoms with Crippen molar-refractivity contribution in [2.45, 2.75) is 29.2 Å². The highest BCUT2D eigenvalue weighted by Gasteiger charge is 2.05. The van der Waals surface area contributed by atoms with Gasteiger partial charge in [0.05, 0.1) is 6.10 Å². The maximum Gasteiger partial charge on any atom is 0.174 e. The van der Waals surface area contributed by atoms with Gasteiger partial charge in [0, 0.05) is 16.6 Å². The normalized spacial score (nSPS) is 10.8. The van der Waals surface area contributed by atoms with E-state index < -0.39 is 0 Å². The number of hydrogen-bond acceptors (Lipinski definition) is 6. The van der Waals surface area contributed by atoms with Gasteiger partial charge in [-0.2, -0.15) is 4.37 Å². The van der Waals surface area contributed by atoms with Gasteiger partial charge in [-0.05, 0) is 37.5 Å². The zero-order valence-corrected chi connectivity index (χ0v) is 11.2. The first kappa shape index (κ1) is 12.2. The van der Waals surface area contributed by atoms with Crippen molar-refractivity contribution in [3.8, 4) is 5.75 Å². The molecule has 17 heavy (non-hydrogen) atoms. The molecule has 0 radical (unpaired) electrons. The van der Waals surface area contributed by atoms with Crippen molar-refractivity contribution in [3.05, 3.63) is 24.5 Å². The van der Waals surface area contributed by atoms with Crippen molar-refractivity contribution in [3.63, 3.8) is 0 Å². The number of anilines is 1. The summed E-state index contributed by atoms with van der Waals surface area (Å²) in [7, 11) is 0. The van der Waals surface area contributed by atoms with E-state index in [0.717, 1.165) is 15.0 Å². The summed E-state index contributed by atoms with van der Waals surface area (Å²) in [6.45, 7) is 3.97. The van der Waals surface area contributed by atoms with Crippen molar-refractivity contribution in [1.82, 2.24) is 9.36 Å². The fourth-order valence-corrected chi connectivity index (χ4v) is 2.82. The topological polar surface area (TPSA) is 61.0 Å². The minimum Gasteiger partial charge on any atom is -0.491 e. The second-order valence-corrected chi connectivity index (χ2v) is 5.81. The number of nitrogens with two attached hydrogens (primary N) is 1. The molecular formula is C11H13N3OS2. The molecule has 0 spiro atoms. The Hall–Kier alpha value is -1.27. The molecule has 0 fully saturated rings. The summed E-state index contributed by atoms with van der Waals surface area (Å²) in [5, 5.41) is 0. The van der Waals surface area contributed by atoms with Gasteiger partial charge in [0.25, 0.3) is 0 Å². The van der Waals surface area contributed by atoms with Crippen molar-refractivity contribution < 1.29 is 4.74 Å². The summed E-state index contributed by atoms with van der Waals surface area (Å²) in [6, 6.07) is 5.69. The van der Waals surface area contributed by atoms with Gasteiger partial charge in [-0.25, -0.2) is 4.98 Å². The molecule has 1 heterocycles. The largest absolute Gasteiger partial charge is 0.491 e. The van der Waals surface area contributed by atoms with Gasteiger partial charge in [-0.3, -0.25) is 0 Å². The third-order valence-electron chi connectivity index (χ3n) is 1.82. The highest BCUT2D eigenvalue weighted by molar-refractivity contribution is 8.01. The van der Waals surface area contributed by atoms with Crippen LogP contribution in [0, 0.1) is 0 Å². The Kier molecular flexibility index (Phi) is 3.86. The van der Waals surface area contributed by atoms with Crippen LogP contribution in [-0.4, -0.2) is 15.5 Å². The van der Waals surface area contributed by atoms with Crippen molar-refractivity contribution in [2.75, 3.05) is 5.73 Å². The molecule has 0 aliphatic rings. The first-order valence-corrected chi connectivity index (χ1v) is 6.74. The van der Waals surface area contributed by atoms with Crippen LogP contribution in [0.2, 0.25) is 0 Å². The van der Waals surface area contributed by atoms with Gasteiger partial charge >= 0.3 is 0 Å². The molecule has 2 N–H and O–H groups in total. The van der Waals surface area contributed by atoms with E-state index in [1.165, 1.54) is 23.3 Å². The second-order valence-electron chi connectivity index (χ2n) is 3.71. The van der Waals surface area contributed by atoms with Gasteiger partial charge in [0.15, 0.2) is 4.34 Å². The molecule has 1 aromatic carbocycles. The van der Waals surface area contributed by atoms with Crippen LogP contribution in [0.5, 0.6) is 5.75 Å². The minimum atomic E-state index is 0.135. The molecule has 0 atom stereocenters. The molecule has 0 unspecified atom stereocenters. The van der Waals surface area contributed by atoms with Crippen LogP contribution < -0.4 is 10.5 Å². The Morgan fingerprint density at radius 2 is 2.18 bits per heavy atom. The Labute approximate surface area is 108 Å². The van der Waals surface area contributed by atoms with Crippen LogP contribution in [0.15, 0.2) is 33.8 Å². The van der Waals surface area contributed by atoms with Gasteiger partial charge < -0.3 is 10.5 Å². The van der Waals surface area contributed by atoms with Gasteiger partial charge in [0.1, 0.15) is 12.1 Å². The molecule has 0 aliphatic heterocycles. The predicted octanol–water partition coefficient (Wildman–Crippen LogP) is 3.06. The van der Waals surface area contributed by atoms with E-state index in [4.69, 9.17) is 10.5 Å². The standard InChI is InChI=1S/C11H13N3OS2/c1-7(2)15-9-3-8(12)4-10(5-9)16-11-13-6-14-17-11/h3-7H,12H2,1-2H3. The van der Waals surface area contributed by atoms with Gasteiger partial charge in [-0.1, -0.05) is 11.8 Å². The number of aromatic nitrogens is 2. The van der Waals surface area contributed by atoms with Crippen molar-refractivity contribution in [2.24, 2.45) is 0 Å². The molecule has 0 bridgehead atoms. The summed E-state index contributed by atoms with van der Waals surface area (Å²) >= 11 is 2.90. The summed E-state index contributed by atoms with van der Waals surface area (Å²) < 4.78 is 10.5. The van der Waals surface area contributed by atoms with Crippen LogP contribution >= 0.6 is 23.3 Å². The molecule has 2 aromatic rings. The lowest BCUT2D eigenvalue weighted by Gasteiger charge is -2.11. The SMILES string of the molecule is CC(C)Oc1cc(N)cc(Sc2ncns2)c1. The fourth-order valence-electron chi connectivity index (χ4n) is 1.30. The van der Waals surface area contributed by atoms with E-state index in [0.29, 0.717) is 5.69 Å².